The number of hydrogen-bond acceptors (Lipinski definition) is 3. The molecule has 34 heavy (non-hydrogen) atoms. The third-order valence-electron chi connectivity index (χ3n) is 5.92. The molecule has 6 heteroatoms. The monoisotopic (exact) mass is 457 g/mol. The molecule has 0 saturated heterocycles. The van der Waals surface area contributed by atoms with Gasteiger partial charge in [0, 0.05) is 12.1 Å². The quantitative estimate of drug-likeness (QED) is 0.350. The summed E-state index contributed by atoms with van der Waals surface area (Å²) in [5.74, 6) is -0.253. The van der Waals surface area contributed by atoms with Crippen LogP contribution in [0.2, 0.25) is 0 Å². The molecule has 1 unspecified atom stereocenters. The molecule has 1 atom stereocenters. The van der Waals surface area contributed by atoms with Gasteiger partial charge in [-0.15, -0.1) is 0 Å². The fraction of sp³-hybridized carbons (Fsp3) is 0.250. The van der Waals surface area contributed by atoms with Crippen LogP contribution in [0.5, 0.6) is 0 Å². The molecule has 0 aliphatic rings. The summed E-state index contributed by atoms with van der Waals surface area (Å²) in [6.45, 7) is 6.37. The zero-order valence-corrected chi connectivity index (χ0v) is 19.7. The van der Waals surface area contributed by atoms with E-state index in [9.17, 15) is 14.0 Å². The van der Waals surface area contributed by atoms with Crippen molar-refractivity contribution in [3.8, 4) is 5.69 Å². The van der Waals surface area contributed by atoms with Crippen LogP contribution in [-0.4, -0.2) is 26.9 Å². The first-order chi connectivity index (χ1) is 16.4. The van der Waals surface area contributed by atoms with Crippen LogP contribution in [0.1, 0.15) is 54.5 Å². The second kappa shape index (κ2) is 10.00. The van der Waals surface area contributed by atoms with E-state index in [-0.39, 0.29) is 17.0 Å². The molecular formula is C28H28FN3O2. The summed E-state index contributed by atoms with van der Waals surface area (Å²) in [6.07, 6.45) is 1.25. The van der Waals surface area contributed by atoms with Crippen LogP contribution >= 0.6 is 0 Å². The van der Waals surface area contributed by atoms with Gasteiger partial charge < -0.3 is 4.90 Å². The Bertz CT molecular complexity index is 1400. The second-order valence-electron chi connectivity index (χ2n) is 8.40. The lowest BCUT2D eigenvalue weighted by Gasteiger charge is -2.32. The number of carbonyl (C=O) groups is 1. The first-order valence-corrected chi connectivity index (χ1v) is 11.6. The van der Waals surface area contributed by atoms with Crippen molar-refractivity contribution in [1.29, 1.82) is 0 Å². The van der Waals surface area contributed by atoms with Crippen LogP contribution in [0, 0.1) is 12.7 Å². The summed E-state index contributed by atoms with van der Waals surface area (Å²) < 4.78 is 15.5. The van der Waals surface area contributed by atoms with Crippen LogP contribution in [0.4, 0.5) is 4.39 Å². The molecule has 1 heterocycles. The van der Waals surface area contributed by atoms with Crippen LogP contribution in [0.3, 0.4) is 0 Å². The van der Waals surface area contributed by atoms with Gasteiger partial charge in [0.2, 0.25) is 0 Å². The van der Waals surface area contributed by atoms with Gasteiger partial charge in [-0.05, 0) is 67.8 Å². The van der Waals surface area contributed by atoms with Crippen molar-refractivity contribution in [1.82, 2.24) is 14.5 Å². The maximum absolute atomic E-state index is 13.9. The minimum atomic E-state index is -0.478. The molecule has 1 amide bonds. The number of nitrogens with zero attached hydrogens (tertiary/aromatic N) is 3. The van der Waals surface area contributed by atoms with Crippen molar-refractivity contribution < 1.29 is 9.18 Å². The van der Waals surface area contributed by atoms with E-state index in [1.165, 1.54) is 18.2 Å². The molecular weight excluding hydrogens is 429 g/mol. The summed E-state index contributed by atoms with van der Waals surface area (Å²) in [4.78, 5) is 33.9. The molecule has 4 aromatic rings. The second-order valence-corrected chi connectivity index (χ2v) is 8.40. The summed E-state index contributed by atoms with van der Waals surface area (Å²) >= 11 is 0. The van der Waals surface area contributed by atoms with Gasteiger partial charge in [-0.3, -0.25) is 14.2 Å². The fourth-order valence-corrected chi connectivity index (χ4v) is 4.36. The average Bonchev–Trinajstić information content (AvgIpc) is 2.83. The Kier molecular flexibility index (Phi) is 6.87. The maximum atomic E-state index is 13.9. The van der Waals surface area contributed by atoms with Crippen molar-refractivity contribution in [3.63, 3.8) is 0 Å². The predicted octanol–water partition coefficient (Wildman–Crippen LogP) is 5.84. The van der Waals surface area contributed by atoms with Gasteiger partial charge in [0.25, 0.3) is 11.5 Å². The lowest BCUT2D eigenvalue weighted by Crippen LogP contribution is -2.39. The average molecular weight is 458 g/mol. The van der Waals surface area contributed by atoms with Crippen LogP contribution in [0.25, 0.3) is 16.6 Å². The van der Waals surface area contributed by atoms with Crippen molar-refractivity contribution in [3.05, 3.63) is 106 Å². The number of hydrogen-bond donors (Lipinski definition) is 0. The largest absolute Gasteiger partial charge is 0.328 e. The van der Waals surface area contributed by atoms with Crippen molar-refractivity contribution in [2.75, 3.05) is 6.54 Å². The molecule has 1 aromatic heterocycles. The highest BCUT2D eigenvalue weighted by atomic mass is 19.1. The fourth-order valence-electron chi connectivity index (χ4n) is 4.36. The molecule has 0 N–H and O–H groups in total. The molecule has 5 nitrogen and oxygen atoms in total. The van der Waals surface area contributed by atoms with Crippen LogP contribution < -0.4 is 5.56 Å². The Labute approximate surface area is 198 Å². The van der Waals surface area contributed by atoms with Crippen LogP contribution in [0.15, 0.2) is 77.6 Å². The number of fused-ring (bicyclic) bond motifs is 1. The zero-order valence-electron chi connectivity index (χ0n) is 19.7. The SMILES string of the molecule is CCCN(C(=O)c1cccc(F)c1)C(CC)c1nc2ccccc2c(=O)n1-c1cccc(C)c1. The van der Waals surface area contributed by atoms with Gasteiger partial charge in [-0.1, -0.05) is 44.2 Å². The summed E-state index contributed by atoms with van der Waals surface area (Å²) in [7, 11) is 0. The van der Waals surface area contributed by atoms with Gasteiger partial charge in [-0.2, -0.15) is 0 Å². The number of amides is 1. The summed E-state index contributed by atoms with van der Waals surface area (Å²) in [5.41, 5.74) is 2.39. The first-order valence-electron chi connectivity index (χ1n) is 11.6. The Hall–Kier alpha value is -3.80. The molecule has 0 aliphatic carbocycles. The van der Waals surface area contributed by atoms with E-state index in [0.717, 1.165) is 5.56 Å². The van der Waals surface area contributed by atoms with Gasteiger partial charge in [0.1, 0.15) is 11.6 Å². The number of aromatic nitrogens is 2. The molecule has 0 bridgehead atoms. The summed E-state index contributed by atoms with van der Waals surface area (Å²) in [5, 5.41) is 0.515. The highest BCUT2D eigenvalue weighted by molar-refractivity contribution is 5.94. The Morgan fingerprint density at radius 2 is 1.79 bits per heavy atom. The molecule has 3 aromatic carbocycles. The topological polar surface area (TPSA) is 55.2 Å². The Morgan fingerprint density at radius 3 is 2.50 bits per heavy atom. The minimum Gasteiger partial charge on any atom is -0.328 e. The number of halogens is 1. The number of rotatable bonds is 7. The lowest BCUT2D eigenvalue weighted by molar-refractivity contribution is 0.0658. The van der Waals surface area contributed by atoms with E-state index in [4.69, 9.17) is 4.98 Å². The molecule has 0 saturated carbocycles. The highest BCUT2D eigenvalue weighted by Crippen LogP contribution is 2.28. The van der Waals surface area contributed by atoms with Gasteiger partial charge in [-0.25, -0.2) is 9.37 Å². The van der Waals surface area contributed by atoms with E-state index in [2.05, 4.69) is 0 Å². The molecule has 4 rings (SSSR count). The Balaban J connectivity index is 1.95. The van der Waals surface area contributed by atoms with E-state index >= 15 is 0 Å². The smallest absolute Gasteiger partial charge is 0.266 e. The maximum Gasteiger partial charge on any atom is 0.266 e. The highest BCUT2D eigenvalue weighted by Gasteiger charge is 2.29. The van der Waals surface area contributed by atoms with E-state index in [1.54, 1.807) is 21.6 Å². The molecule has 0 fully saturated rings. The number of aryl methyl sites for hydroxylation is 1. The third-order valence-corrected chi connectivity index (χ3v) is 5.92. The minimum absolute atomic E-state index is 0.181. The van der Waals surface area contributed by atoms with E-state index in [0.29, 0.717) is 41.8 Å². The third kappa shape index (κ3) is 4.49. The molecule has 0 aliphatic heterocycles. The molecule has 0 spiro atoms. The van der Waals surface area contributed by atoms with Crippen molar-refractivity contribution >= 4 is 16.8 Å². The van der Waals surface area contributed by atoms with E-state index < -0.39 is 11.9 Å². The van der Waals surface area contributed by atoms with Gasteiger partial charge >= 0.3 is 0 Å². The first kappa shape index (κ1) is 23.4. The standard InChI is InChI=1S/C28H28FN3O2/c1-4-16-31(27(33)20-11-9-12-21(29)18-20)25(5-2)26-30-24-15-7-6-14-23(24)28(34)32(26)22-13-8-10-19(3)17-22/h6-15,17-18,25H,4-5,16H2,1-3H3. The lowest BCUT2D eigenvalue weighted by atomic mass is 10.1. The van der Waals surface area contributed by atoms with Crippen LogP contribution in [-0.2, 0) is 0 Å². The molecule has 0 radical (unpaired) electrons. The Morgan fingerprint density at radius 1 is 1.03 bits per heavy atom. The number of carbonyl (C=O) groups excluding carboxylic acids is 1. The number of benzene rings is 3. The normalized spacial score (nSPS) is 12.0. The van der Waals surface area contributed by atoms with Gasteiger partial charge in [0.15, 0.2) is 0 Å². The molecule has 174 valence electrons. The zero-order chi connectivity index (χ0) is 24.2. The number of para-hydroxylation sites is 1. The van der Waals surface area contributed by atoms with E-state index in [1.807, 2.05) is 63.2 Å². The summed E-state index contributed by atoms with van der Waals surface area (Å²) in [6, 6.07) is 20.2. The predicted molar refractivity (Wildman–Crippen MR) is 133 cm³/mol. The van der Waals surface area contributed by atoms with Crippen molar-refractivity contribution in [2.24, 2.45) is 0 Å². The van der Waals surface area contributed by atoms with Crippen molar-refractivity contribution in [2.45, 2.75) is 39.7 Å². The van der Waals surface area contributed by atoms with Gasteiger partial charge in [0.05, 0.1) is 22.6 Å².